The molecule has 1 amide bonds. The average Bonchev–Trinajstić information content (AvgIpc) is 2.57. The number of carbonyl (C=O) groups is 2. The van der Waals surface area contributed by atoms with Gasteiger partial charge in [0.25, 0.3) is 11.6 Å². The standard InChI is InChI=1S/C17H15ClN2O5/c1-11(25-16(21)10-12-6-2-3-7-13(12)18)17(22)19-14-8-4-5-9-15(14)20(23)24/h2-9,11H,10H2,1H3,(H,19,22). The highest BCUT2D eigenvalue weighted by atomic mass is 35.5. The summed E-state index contributed by atoms with van der Waals surface area (Å²) in [5.74, 6) is -1.29. The average molecular weight is 363 g/mol. The number of esters is 1. The number of rotatable bonds is 6. The molecule has 0 aliphatic heterocycles. The van der Waals surface area contributed by atoms with Gasteiger partial charge in [-0.15, -0.1) is 0 Å². The molecule has 0 aliphatic rings. The normalized spacial score (nSPS) is 11.4. The van der Waals surface area contributed by atoms with Gasteiger partial charge in [-0.05, 0) is 24.6 Å². The zero-order valence-electron chi connectivity index (χ0n) is 13.3. The van der Waals surface area contributed by atoms with Crippen molar-refractivity contribution in [2.75, 3.05) is 5.32 Å². The SMILES string of the molecule is CC(OC(=O)Cc1ccccc1Cl)C(=O)Nc1ccccc1[N+](=O)[O-]. The lowest BCUT2D eigenvalue weighted by atomic mass is 10.1. The third-order valence-corrected chi connectivity index (χ3v) is 3.70. The quantitative estimate of drug-likeness (QED) is 0.482. The molecule has 2 aromatic carbocycles. The molecule has 2 rings (SSSR count). The highest BCUT2D eigenvalue weighted by Crippen LogP contribution is 2.23. The van der Waals surface area contributed by atoms with Gasteiger partial charge in [-0.1, -0.05) is 41.9 Å². The van der Waals surface area contributed by atoms with Gasteiger partial charge in [-0.3, -0.25) is 19.7 Å². The summed E-state index contributed by atoms with van der Waals surface area (Å²) in [6, 6.07) is 12.5. The highest BCUT2D eigenvalue weighted by molar-refractivity contribution is 6.31. The van der Waals surface area contributed by atoms with Crippen molar-refractivity contribution in [3.8, 4) is 0 Å². The Kier molecular flexibility index (Phi) is 6.08. The summed E-state index contributed by atoms with van der Waals surface area (Å²) in [6.45, 7) is 1.38. The topological polar surface area (TPSA) is 98.5 Å². The van der Waals surface area contributed by atoms with Gasteiger partial charge >= 0.3 is 5.97 Å². The number of halogens is 1. The molecule has 0 radical (unpaired) electrons. The van der Waals surface area contributed by atoms with Gasteiger partial charge in [0.15, 0.2) is 6.10 Å². The van der Waals surface area contributed by atoms with E-state index in [0.29, 0.717) is 10.6 Å². The van der Waals surface area contributed by atoms with Crippen molar-refractivity contribution >= 4 is 34.9 Å². The number of nitro benzene ring substituents is 1. The van der Waals surface area contributed by atoms with Crippen LogP contribution >= 0.6 is 11.6 Å². The van der Waals surface area contributed by atoms with Crippen LogP contribution < -0.4 is 5.32 Å². The molecule has 0 heterocycles. The van der Waals surface area contributed by atoms with Crippen LogP contribution in [0.2, 0.25) is 5.02 Å². The van der Waals surface area contributed by atoms with Crippen molar-refractivity contribution in [3.05, 3.63) is 69.2 Å². The molecule has 130 valence electrons. The smallest absolute Gasteiger partial charge is 0.311 e. The second kappa shape index (κ2) is 8.25. The molecule has 0 aliphatic carbocycles. The number of benzene rings is 2. The Morgan fingerprint density at radius 2 is 1.84 bits per heavy atom. The molecule has 0 fully saturated rings. The maximum absolute atomic E-state index is 12.1. The molecular weight excluding hydrogens is 348 g/mol. The first-order valence-electron chi connectivity index (χ1n) is 7.35. The van der Waals surface area contributed by atoms with Crippen LogP contribution in [0.4, 0.5) is 11.4 Å². The van der Waals surface area contributed by atoms with Crippen LogP contribution in [-0.4, -0.2) is 22.9 Å². The Morgan fingerprint density at radius 3 is 2.52 bits per heavy atom. The van der Waals surface area contributed by atoms with E-state index >= 15 is 0 Å². The first kappa shape index (κ1) is 18.4. The number of amides is 1. The van der Waals surface area contributed by atoms with E-state index in [0.717, 1.165) is 0 Å². The maximum atomic E-state index is 12.1. The number of nitrogens with one attached hydrogen (secondary N) is 1. The minimum atomic E-state index is -1.12. The number of anilines is 1. The third kappa shape index (κ3) is 5.02. The van der Waals surface area contributed by atoms with Crippen molar-refractivity contribution in [2.45, 2.75) is 19.4 Å². The van der Waals surface area contributed by atoms with Crippen LogP contribution in [0.15, 0.2) is 48.5 Å². The summed E-state index contributed by atoms with van der Waals surface area (Å²) < 4.78 is 5.06. The Balaban J connectivity index is 1.98. The lowest BCUT2D eigenvalue weighted by Gasteiger charge is -2.14. The molecule has 0 saturated carbocycles. The van der Waals surface area contributed by atoms with E-state index in [1.165, 1.54) is 25.1 Å². The molecular formula is C17H15ClN2O5. The summed E-state index contributed by atoms with van der Waals surface area (Å²) in [6.07, 6.45) is -1.20. The van der Waals surface area contributed by atoms with E-state index < -0.39 is 22.9 Å². The number of nitrogens with zero attached hydrogens (tertiary/aromatic N) is 1. The number of nitro groups is 1. The Bertz CT molecular complexity index is 809. The van der Waals surface area contributed by atoms with E-state index in [9.17, 15) is 19.7 Å². The molecule has 1 unspecified atom stereocenters. The Hall–Kier alpha value is -2.93. The fraction of sp³-hybridized carbons (Fsp3) is 0.176. The lowest BCUT2D eigenvalue weighted by Crippen LogP contribution is -2.30. The van der Waals surface area contributed by atoms with Gasteiger partial charge in [0.1, 0.15) is 5.69 Å². The Morgan fingerprint density at radius 1 is 1.20 bits per heavy atom. The molecule has 8 heteroatoms. The van der Waals surface area contributed by atoms with Gasteiger partial charge in [0.05, 0.1) is 11.3 Å². The van der Waals surface area contributed by atoms with Crippen molar-refractivity contribution in [1.82, 2.24) is 0 Å². The summed E-state index contributed by atoms with van der Waals surface area (Å²) >= 11 is 5.97. The third-order valence-electron chi connectivity index (χ3n) is 3.33. The minimum Gasteiger partial charge on any atom is -0.452 e. The predicted molar refractivity (Wildman–Crippen MR) is 92.4 cm³/mol. The van der Waals surface area contributed by atoms with Gasteiger partial charge in [0, 0.05) is 11.1 Å². The van der Waals surface area contributed by atoms with Gasteiger partial charge in [0.2, 0.25) is 0 Å². The van der Waals surface area contributed by atoms with Crippen molar-refractivity contribution in [2.24, 2.45) is 0 Å². The monoisotopic (exact) mass is 362 g/mol. The first-order valence-corrected chi connectivity index (χ1v) is 7.73. The van der Waals surface area contributed by atoms with Gasteiger partial charge < -0.3 is 10.1 Å². The maximum Gasteiger partial charge on any atom is 0.311 e. The molecule has 0 bridgehead atoms. The van der Waals surface area contributed by atoms with Crippen LogP contribution in [0, 0.1) is 10.1 Å². The van der Waals surface area contributed by atoms with Crippen molar-refractivity contribution in [1.29, 1.82) is 0 Å². The number of hydrogen-bond acceptors (Lipinski definition) is 5. The summed E-state index contributed by atoms with van der Waals surface area (Å²) in [4.78, 5) is 34.4. The molecule has 0 aromatic heterocycles. The molecule has 1 N–H and O–H groups in total. The number of para-hydroxylation sites is 2. The van der Waals surface area contributed by atoms with Gasteiger partial charge in [-0.25, -0.2) is 0 Å². The fourth-order valence-corrected chi connectivity index (χ4v) is 2.27. The van der Waals surface area contributed by atoms with E-state index in [-0.39, 0.29) is 17.8 Å². The second-order valence-electron chi connectivity index (χ2n) is 5.16. The van der Waals surface area contributed by atoms with Crippen molar-refractivity contribution < 1.29 is 19.2 Å². The fourth-order valence-electron chi connectivity index (χ4n) is 2.06. The number of hydrogen-bond donors (Lipinski definition) is 1. The molecule has 7 nitrogen and oxygen atoms in total. The van der Waals surface area contributed by atoms with E-state index in [1.807, 2.05) is 0 Å². The lowest BCUT2D eigenvalue weighted by molar-refractivity contribution is -0.383. The van der Waals surface area contributed by atoms with Crippen LogP contribution in [0.5, 0.6) is 0 Å². The summed E-state index contributed by atoms with van der Waals surface area (Å²) in [7, 11) is 0. The Labute approximate surface area is 148 Å². The molecule has 1 atom stereocenters. The van der Waals surface area contributed by atoms with E-state index in [4.69, 9.17) is 16.3 Å². The largest absolute Gasteiger partial charge is 0.452 e. The number of ether oxygens (including phenoxy) is 1. The number of carbonyl (C=O) groups excluding carboxylic acids is 2. The highest BCUT2D eigenvalue weighted by Gasteiger charge is 2.21. The van der Waals surface area contributed by atoms with E-state index in [1.54, 1.807) is 30.3 Å². The summed E-state index contributed by atoms with van der Waals surface area (Å²) in [5, 5.41) is 13.8. The summed E-state index contributed by atoms with van der Waals surface area (Å²) in [5.41, 5.74) is 0.373. The van der Waals surface area contributed by atoms with Crippen LogP contribution in [0.25, 0.3) is 0 Å². The van der Waals surface area contributed by atoms with Crippen molar-refractivity contribution in [3.63, 3.8) is 0 Å². The van der Waals surface area contributed by atoms with E-state index in [2.05, 4.69) is 5.32 Å². The molecule has 2 aromatic rings. The molecule has 0 spiro atoms. The zero-order chi connectivity index (χ0) is 18.4. The second-order valence-corrected chi connectivity index (χ2v) is 5.57. The first-order chi connectivity index (χ1) is 11.9. The van der Waals surface area contributed by atoms with Crippen LogP contribution in [0.1, 0.15) is 12.5 Å². The van der Waals surface area contributed by atoms with Crippen LogP contribution in [0.3, 0.4) is 0 Å². The minimum absolute atomic E-state index is 0.0338. The van der Waals surface area contributed by atoms with Crippen LogP contribution in [-0.2, 0) is 20.7 Å². The predicted octanol–water partition coefficient (Wildman–Crippen LogP) is 3.36. The molecule has 25 heavy (non-hydrogen) atoms. The zero-order valence-corrected chi connectivity index (χ0v) is 14.0. The van der Waals surface area contributed by atoms with Gasteiger partial charge in [-0.2, -0.15) is 0 Å². The molecule has 0 saturated heterocycles.